The Bertz CT molecular complexity index is 1370. The van der Waals surface area contributed by atoms with Crippen LogP contribution in [0.1, 0.15) is 67.7 Å². The van der Waals surface area contributed by atoms with Gasteiger partial charge in [-0.1, -0.05) is 47.5 Å². The molecule has 0 bridgehead atoms. The molecule has 2 aliphatic carbocycles. The van der Waals surface area contributed by atoms with Crippen molar-refractivity contribution in [3.63, 3.8) is 0 Å². The summed E-state index contributed by atoms with van der Waals surface area (Å²) in [5, 5.41) is 9.99. The van der Waals surface area contributed by atoms with Crippen molar-refractivity contribution in [1.29, 1.82) is 0 Å². The summed E-state index contributed by atoms with van der Waals surface area (Å²) in [6.45, 7) is 0.727. The minimum Gasteiger partial charge on any atom is -0.481 e. The number of rotatable bonds is 5. The first-order valence-electron chi connectivity index (χ1n) is 13.7. The fourth-order valence-corrected chi connectivity index (χ4v) is 7.39. The molecule has 1 heterocycles. The van der Waals surface area contributed by atoms with Crippen LogP contribution in [0.25, 0.3) is 0 Å². The maximum absolute atomic E-state index is 16.1. The number of alkyl halides is 5. The van der Waals surface area contributed by atoms with E-state index in [4.69, 9.17) is 23.2 Å². The van der Waals surface area contributed by atoms with E-state index < -0.39 is 52.3 Å². The van der Waals surface area contributed by atoms with Gasteiger partial charge in [0, 0.05) is 18.0 Å². The number of hydrogen-bond acceptors (Lipinski definition) is 2. The number of amides is 1. The highest BCUT2D eigenvalue weighted by molar-refractivity contribution is 6.42. The molecular weight excluding hydrogens is 588 g/mol. The van der Waals surface area contributed by atoms with E-state index in [-0.39, 0.29) is 38.6 Å². The Labute approximate surface area is 244 Å². The van der Waals surface area contributed by atoms with Gasteiger partial charge < -0.3 is 10.0 Å². The summed E-state index contributed by atoms with van der Waals surface area (Å²) in [4.78, 5) is 26.7. The molecule has 1 saturated carbocycles. The van der Waals surface area contributed by atoms with E-state index >= 15 is 4.39 Å². The number of likely N-dealkylation sites (tertiary alicyclic amines) is 1. The van der Waals surface area contributed by atoms with Crippen LogP contribution in [-0.2, 0) is 33.5 Å². The molecule has 5 rings (SSSR count). The van der Waals surface area contributed by atoms with Gasteiger partial charge in [0.1, 0.15) is 0 Å². The first-order valence-corrected chi connectivity index (χ1v) is 14.4. The molecule has 3 aliphatic rings. The van der Waals surface area contributed by atoms with Gasteiger partial charge in [-0.05, 0) is 92.7 Å². The molecule has 1 N–H and O–H groups in total. The first kappa shape index (κ1) is 30.1. The molecule has 3 atom stereocenters. The van der Waals surface area contributed by atoms with Gasteiger partial charge in [-0.25, -0.2) is 8.78 Å². The monoisotopic (exact) mass is 617 g/mol. The number of nitrogens with zero attached hydrogens (tertiary/aromatic N) is 1. The van der Waals surface area contributed by atoms with Crippen molar-refractivity contribution in [3.8, 4) is 0 Å². The standard InChI is InChI=1S/C30H30Cl2F5NO3/c1-27(33,30(35,36)37)20-4-5-21-19(15-20)3-7-24-28(21,16-17-2-6-22(31)23(32)14-17)12-13-38(24)26(41)29(34)10-8-18(9-11-29)25(39)40/h2,4-6,14-15,18,24H,3,7-13,16H2,1H3,(H,39,40)/t18-,24?,27?,28?,29+. The molecule has 2 fully saturated rings. The van der Waals surface area contributed by atoms with Gasteiger partial charge in [-0.15, -0.1) is 0 Å². The van der Waals surface area contributed by atoms with Gasteiger partial charge in [-0.3, -0.25) is 9.59 Å². The van der Waals surface area contributed by atoms with Gasteiger partial charge in [0.2, 0.25) is 5.67 Å². The van der Waals surface area contributed by atoms with Crippen LogP contribution >= 0.6 is 23.2 Å². The van der Waals surface area contributed by atoms with Gasteiger partial charge in [0.15, 0.2) is 5.67 Å². The summed E-state index contributed by atoms with van der Waals surface area (Å²) < 4.78 is 71.5. The number of fused-ring (bicyclic) bond motifs is 3. The Morgan fingerprint density at radius 3 is 2.29 bits per heavy atom. The highest BCUT2D eigenvalue weighted by Gasteiger charge is 2.58. The van der Waals surface area contributed by atoms with Crippen LogP contribution in [0.2, 0.25) is 10.0 Å². The molecule has 0 radical (unpaired) electrons. The van der Waals surface area contributed by atoms with Crippen LogP contribution in [0.15, 0.2) is 36.4 Å². The Kier molecular flexibility index (Phi) is 7.63. The van der Waals surface area contributed by atoms with E-state index in [2.05, 4.69) is 0 Å². The van der Waals surface area contributed by atoms with Gasteiger partial charge in [0.25, 0.3) is 5.91 Å². The Hall–Kier alpha value is -2.39. The van der Waals surface area contributed by atoms with Crippen LogP contribution in [-0.4, -0.2) is 46.3 Å². The summed E-state index contributed by atoms with van der Waals surface area (Å²) in [6.07, 6.45) is -3.92. The zero-order valence-electron chi connectivity index (χ0n) is 22.3. The van der Waals surface area contributed by atoms with Crippen molar-refractivity contribution in [2.45, 2.75) is 87.3 Å². The summed E-state index contributed by atoms with van der Waals surface area (Å²) in [7, 11) is 0. The molecular formula is C30H30Cl2F5NO3. The number of hydrogen-bond donors (Lipinski definition) is 1. The number of carbonyl (C=O) groups excluding carboxylic acids is 1. The maximum atomic E-state index is 16.1. The molecule has 2 aromatic rings. The summed E-state index contributed by atoms with van der Waals surface area (Å²) in [6, 6.07) is 8.62. The van der Waals surface area contributed by atoms with Gasteiger partial charge in [0.05, 0.1) is 16.0 Å². The molecule has 0 aromatic heterocycles. The van der Waals surface area contributed by atoms with Crippen molar-refractivity contribution < 1.29 is 36.6 Å². The molecule has 222 valence electrons. The SMILES string of the molecule is CC(F)(c1ccc2c(c1)CCC1N(C(=O)[C@]3(F)CC[C@@H](C(=O)O)CC3)CCC21Cc1ccc(Cl)c(Cl)c1)C(F)(F)F. The third-order valence-corrected chi connectivity index (χ3v) is 10.2. The highest BCUT2D eigenvalue weighted by Crippen LogP contribution is 2.52. The van der Waals surface area contributed by atoms with Crippen LogP contribution in [0, 0.1) is 5.92 Å². The van der Waals surface area contributed by atoms with Crippen LogP contribution in [0.4, 0.5) is 22.0 Å². The second-order valence-corrected chi connectivity index (χ2v) is 12.6. The second-order valence-electron chi connectivity index (χ2n) is 11.8. The summed E-state index contributed by atoms with van der Waals surface area (Å²) in [5.41, 5.74) is -4.92. The fraction of sp³-hybridized carbons (Fsp3) is 0.533. The molecule has 41 heavy (non-hydrogen) atoms. The Morgan fingerprint density at radius 2 is 1.68 bits per heavy atom. The lowest BCUT2D eigenvalue weighted by atomic mass is 9.63. The molecule has 1 amide bonds. The Balaban J connectivity index is 1.53. The highest BCUT2D eigenvalue weighted by atomic mass is 35.5. The van der Waals surface area contributed by atoms with Crippen molar-refractivity contribution in [3.05, 3.63) is 68.7 Å². The van der Waals surface area contributed by atoms with E-state index in [0.29, 0.717) is 47.4 Å². The lowest BCUT2D eigenvalue weighted by Crippen LogP contribution is -2.55. The molecule has 0 spiro atoms. The molecule has 2 aromatic carbocycles. The maximum Gasteiger partial charge on any atom is 0.426 e. The molecule has 11 heteroatoms. The third kappa shape index (κ3) is 5.11. The van der Waals surface area contributed by atoms with Gasteiger partial charge >= 0.3 is 12.1 Å². The average Bonchev–Trinajstić information content (AvgIpc) is 3.28. The van der Waals surface area contributed by atoms with E-state index in [1.54, 1.807) is 23.1 Å². The lowest BCUT2D eigenvalue weighted by molar-refractivity contribution is -0.228. The molecule has 4 nitrogen and oxygen atoms in total. The topological polar surface area (TPSA) is 57.6 Å². The van der Waals surface area contributed by atoms with Crippen LogP contribution in [0.3, 0.4) is 0 Å². The normalized spacial score (nSPS) is 29.4. The molecule has 3 unspecified atom stereocenters. The van der Waals surface area contributed by atoms with Crippen molar-refractivity contribution >= 4 is 35.1 Å². The van der Waals surface area contributed by atoms with Crippen LogP contribution in [0.5, 0.6) is 0 Å². The predicted molar refractivity (Wildman–Crippen MR) is 145 cm³/mol. The summed E-state index contributed by atoms with van der Waals surface area (Å²) in [5.74, 6) is -2.36. The number of aliphatic carboxylic acids is 1. The molecule has 1 aliphatic heterocycles. The number of benzene rings is 2. The minimum atomic E-state index is -5.10. The smallest absolute Gasteiger partial charge is 0.426 e. The largest absolute Gasteiger partial charge is 0.481 e. The van der Waals surface area contributed by atoms with Crippen molar-refractivity contribution in [2.75, 3.05) is 6.54 Å². The Morgan fingerprint density at radius 1 is 1.00 bits per heavy atom. The number of carboxylic acids is 1. The fourth-order valence-electron chi connectivity index (χ4n) is 7.07. The number of carbonyl (C=O) groups is 2. The minimum absolute atomic E-state index is 0.0668. The molecule has 1 saturated heterocycles. The van der Waals surface area contributed by atoms with E-state index in [0.717, 1.165) is 11.6 Å². The second kappa shape index (κ2) is 10.4. The number of carboxylic acid groups (broad SMARTS) is 1. The lowest BCUT2D eigenvalue weighted by Gasteiger charge is -2.45. The zero-order chi connectivity index (χ0) is 30.0. The number of aryl methyl sites for hydroxylation is 1. The average molecular weight is 618 g/mol. The van der Waals surface area contributed by atoms with E-state index in [1.807, 2.05) is 0 Å². The summed E-state index contributed by atoms with van der Waals surface area (Å²) >= 11 is 12.4. The van der Waals surface area contributed by atoms with Crippen molar-refractivity contribution in [1.82, 2.24) is 4.90 Å². The third-order valence-electron chi connectivity index (χ3n) is 9.49. The first-order chi connectivity index (χ1) is 19.1. The predicted octanol–water partition coefficient (Wildman–Crippen LogP) is 7.75. The zero-order valence-corrected chi connectivity index (χ0v) is 23.9. The number of halogens is 7. The van der Waals surface area contributed by atoms with E-state index in [1.165, 1.54) is 12.1 Å². The van der Waals surface area contributed by atoms with Gasteiger partial charge in [-0.2, -0.15) is 13.2 Å². The van der Waals surface area contributed by atoms with Crippen molar-refractivity contribution in [2.24, 2.45) is 5.92 Å². The van der Waals surface area contributed by atoms with E-state index in [9.17, 15) is 32.3 Å². The quantitative estimate of drug-likeness (QED) is 0.349. The van der Waals surface area contributed by atoms with Crippen LogP contribution < -0.4 is 0 Å².